The van der Waals surface area contributed by atoms with Crippen molar-refractivity contribution in [3.8, 4) is 11.5 Å². The molecule has 0 saturated carbocycles. The van der Waals surface area contributed by atoms with Gasteiger partial charge in [0.2, 0.25) is 5.91 Å². The second kappa shape index (κ2) is 11.3. The molecule has 1 amide bonds. The number of anilines is 1. The maximum absolute atomic E-state index is 12.2. The Kier molecular flexibility index (Phi) is 9.46. The number of rotatable bonds is 12. The average Bonchev–Trinajstić information content (AvgIpc) is 2.64. The van der Waals surface area contributed by atoms with Crippen LogP contribution in [0.2, 0.25) is 0 Å². The molecule has 3 N–H and O–H groups in total. The van der Waals surface area contributed by atoms with Crippen LogP contribution in [0.15, 0.2) is 18.2 Å². The summed E-state index contributed by atoms with van der Waals surface area (Å²) in [6.07, 6.45) is -0.178. The number of methoxy groups -OCH3 is 2. The summed E-state index contributed by atoms with van der Waals surface area (Å²) in [6, 6.07) is 4.04. The van der Waals surface area contributed by atoms with Crippen molar-refractivity contribution < 1.29 is 24.2 Å². The van der Waals surface area contributed by atoms with Crippen LogP contribution in [0.25, 0.3) is 0 Å². The van der Waals surface area contributed by atoms with Crippen molar-refractivity contribution in [3.05, 3.63) is 18.2 Å². The van der Waals surface area contributed by atoms with Gasteiger partial charge in [-0.05, 0) is 25.2 Å². The molecule has 1 rings (SSSR count). The fourth-order valence-electron chi connectivity index (χ4n) is 2.47. The molecule has 146 valence electrons. The van der Waals surface area contributed by atoms with E-state index in [4.69, 9.17) is 9.47 Å². The molecule has 8 nitrogen and oxygen atoms in total. The summed E-state index contributed by atoms with van der Waals surface area (Å²) < 4.78 is 10.3. The molecule has 0 heterocycles. The van der Waals surface area contributed by atoms with Gasteiger partial charge in [-0.25, -0.2) is 0 Å². The monoisotopic (exact) mass is 367 g/mol. The SMILES string of the molecule is CCN(CC)CCNC(CC(=O)Nc1ccc(OC)cc1OC)C(=O)O. The van der Waals surface area contributed by atoms with Crippen LogP contribution in [-0.2, 0) is 9.59 Å². The van der Waals surface area contributed by atoms with E-state index in [2.05, 4.69) is 15.5 Å². The second-order valence-corrected chi connectivity index (χ2v) is 5.69. The second-order valence-electron chi connectivity index (χ2n) is 5.69. The average molecular weight is 367 g/mol. The molecule has 0 aliphatic heterocycles. The zero-order valence-corrected chi connectivity index (χ0v) is 15.9. The molecule has 0 aliphatic rings. The maximum atomic E-state index is 12.2. The van der Waals surface area contributed by atoms with E-state index in [9.17, 15) is 14.7 Å². The predicted octanol–water partition coefficient (Wildman–Crippen LogP) is 1.42. The van der Waals surface area contributed by atoms with E-state index < -0.39 is 17.9 Å². The number of carbonyl (C=O) groups is 2. The summed E-state index contributed by atoms with van der Waals surface area (Å²) >= 11 is 0. The molecule has 1 aromatic rings. The predicted molar refractivity (Wildman–Crippen MR) is 100 cm³/mol. The Balaban J connectivity index is 2.63. The summed E-state index contributed by atoms with van der Waals surface area (Å²) in [4.78, 5) is 25.8. The van der Waals surface area contributed by atoms with E-state index in [1.54, 1.807) is 18.2 Å². The van der Waals surface area contributed by atoms with Gasteiger partial charge in [-0.3, -0.25) is 9.59 Å². The summed E-state index contributed by atoms with van der Waals surface area (Å²) in [7, 11) is 3.02. The van der Waals surface area contributed by atoms with Crippen molar-refractivity contribution in [2.75, 3.05) is 45.7 Å². The van der Waals surface area contributed by atoms with Crippen LogP contribution in [0.4, 0.5) is 5.69 Å². The molecule has 0 saturated heterocycles. The number of nitrogens with one attached hydrogen (secondary N) is 2. The van der Waals surface area contributed by atoms with Crippen molar-refractivity contribution in [2.24, 2.45) is 0 Å². The van der Waals surface area contributed by atoms with E-state index in [-0.39, 0.29) is 6.42 Å². The van der Waals surface area contributed by atoms with Crippen LogP contribution in [0.5, 0.6) is 11.5 Å². The van der Waals surface area contributed by atoms with E-state index in [1.807, 2.05) is 13.8 Å². The van der Waals surface area contributed by atoms with Crippen LogP contribution >= 0.6 is 0 Å². The molecule has 1 atom stereocenters. The quantitative estimate of drug-likeness (QED) is 0.514. The van der Waals surface area contributed by atoms with Gasteiger partial charge in [-0.1, -0.05) is 13.8 Å². The first-order valence-electron chi connectivity index (χ1n) is 8.65. The first kappa shape index (κ1) is 21.7. The lowest BCUT2D eigenvalue weighted by Crippen LogP contribution is -2.43. The minimum absolute atomic E-state index is 0.178. The Morgan fingerprint density at radius 3 is 2.42 bits per heavy atom. The number of nitrogens with zero attached hydrogens (tertiary/aromatic N) is 1. The Bertz CT molecular complexity index is 590. The molecule has 0 bridgehead atoms. The van der Waals surface area contributed by atoms with Crippen LogP contribution in [0.3, 0.4) is 0 Å². The first-order chi connectivity index (χ1) is 12.4. The largest absolute Gasteiger partial charge is 0.497 e. The minimum atomic E-state index is -1.05. The van der Waals surface area contributed by atoms with E-state index in [0.29, 0.717) is 23.7 Å². The van der Waals surface area contributed by atoms with Crippen LogP contribution in [-0.4, -0.2) is 68.3 Å². The summed E-state index contributed by atoms with van der Waals surface area (Å²) in [5.74, 6) is -0.419. The Hall–Kier alpha value is -2.32. The number of likely N-dealkylation sites (N-methyl/N-ethyl adjacent to an activating group) is 1. The molecule has 1 unspecified atom stereocenters. The van der Waals surface area contributed by atoms with E-state index >= 15 is 0 Å². The summed E-state index contributed by atoms with van der Waals surface area (Å²) in [6.45, 7) is 7.12. The molecule has 0 radical (unpaired) electrons. The third-order valence-corrected chi connectivity index (χ3v) is 4.08. The van der Waals surface area contributed by atoms with Gasteiger partial charge in [0.25, 0.3) is 0 Å². The van der Waals surface area contributed by atoms with Crippen LogP contribution < -0.4 is 20.1 Å². The first-order valence-corrected chi connectivity index (χ1v) is 8.65. The molecule has 0 fully saturated rings. The van der Waals surface area contributed by atoms with Crippen molar-refractivity contribution in [1.29, 1.82) is 0 Å². The Morgan fingerprint density at radius 2 is 1.88 bits per heavy atom. The molecular weight excluding hydrogens is 338 g/mol. The number of benzene rings is 1. The Morgan fingerprint density at radius 1 is 1.19 bits per heavy atom. The number of aliphatic carboxylic acids is 1. The lowest BCUT2D eigenvalue weighted by atomic mass is 10.2. The number of hydrogen-bond donors (Lipinski definition) is 3. The van der Waals surface area contributed by atoms with E-state index in [0.717, 1.165) is 19.6 Å². The van der Waals surface area contributed by atoms with Crippen molar-refractivity contribution >= 4 is 17.6 Å². The highest BCUT2D eigenvalue weighted by Crippen LogP contribution is 2.29. The van der Waals surface area contributed by atoms with Gasteiger partial charge < -0.3 is 30.1 Å². The summed E-state index contributed by atoms with van der Waals surface area (Å²) in [5.41, 5.74) is 0.463. The fraction of sp³-hybridized carbons (Fsp3) is 0.556. The Labute approximate surface area is 154 Å². The topological polar surface area (TPSA) is 100 Å². The number of carboxylic acid groups (broad SMARTS) is 1. The molecule has 0 aliphatic carbocycles. The van der Waals surface area contributed by atoms with Gasteiger partial charge in [0.15, 0.2) is 0 Å². The zero-order valence-electron chi connectivity index (χ0n) is 15.9. The lowest BCUT2D eigenvalue weighted by Gasteiger charge is -2.20. The zero-order chi connectivity index (χ0) is 19.5. The van der Waals surface area contributed by atoms with Gasteiger partial charge in [0.1, 0.15) is 17.5 Å². The standard InChI is InChI=1S/C18H29N3O5/c1-5-21(6-2)10-9-19-15(18(23)24)12-17(22)20-14-8-7-13(25-3)11-16(14)26-4/h7-8,11,15,19H,5-6,9-10,12H2,1-4H3,(H,20,22)(H,23,24). The van der Waals surface area contributed by atoms with Crippen molar-refractivity contribution in [3.63, 3.8) is 0 Å². The third kappa shape index (κ3) is 6.89. The van der Waals surface area contributed by atoms with Crippen LogP contribution in [0.1, 0.15) is 20.3 Å². The highest BCUT2D eigenvalue weighted by Gasteiger charge is 2.21. The molecular formula is C18H29N3O5. The molecule has 26 heavy (non-hydrogen) atoms. The molecule has 8 heteroatoms. The van der Waals surface area contributed by atoms with Gasteiger partial charge in [0, 0.05) is 19.2 Å². The van der Waals surface area contributed by atoms with Gasteiger partial charge in [0.05, 0.1) is 26.3 Å². The maximum Gasteiger partial charge on any atom is 0.321 e. The fourth-order valence-corrected chi connectivity index (χ4v) is 2.47. The highest BCUT2D eigenvalue weighted by atomic mass is 16.5. The minimum Gasteiger partial charge on any atom is -0.497 e. The molecule has 0 spiro atoms. The van der Waals surface area contributed by atoms with Gasteiger partial charge in [-0.2, -0.15) is 0 Å². The number of ether oxygens (including phenoxy) is 2. The lowest BCUT2D eigenvalue weighted by molar-refractivity contribution is -0.141. The van der Waals surface area contributed by atoms with Gasteiger partial charge in [-0.15, -0.1) is 0 Å². The van der Waals surface area contributed by atoms with Gasteiger partial charge >= 0.3 is 5.97 Å². The number of carbonyl (C=O) groups excluding carboxylic acids is 1. The van der Waals surface area contributed by atoms with Crippen molar-refractivity contribution in [1.82, 2.24) is 10.2 Å². The number of hydrogen-bond acceptors (Lipinski definition) is 6. The summed E-state index contributed by atoms with van der Waals surface area (Å²) in [5, 5.41) is 15.0. The normalized spacial score (nSPS) is 11.9. The smallest absolute Gasteiger partial charge is 0.321 e. The van der Waals surface area contributed by atoms with E-state index in [1.165, 1.54) is 14.2 Å². The third-order valence-electron chi connectivity index (χ3n) is 4.08. The number of carboxylic acids is 1. The van der Waals surface area contributed by atoms with Crippen LogP contribution in [0, 0.1) is 0 Å². The molecule has 1 aromatic carbocycles. The molecule has 0 aromatic heterocycles. The highest BCUT2D eigenvalue weighted by molar-refractivity contribution is 5.95. The number of amides is 1. The van der Waals surface area contributed by atoms with Crippen molar-refractivity contribution in [2.45, 2.75) is 26.3 Å².